The number of piperazine rings is 1. The monoisotopic (exact) mass is 421 g/mol. The van der Waals surface area contributed by atoms with Gasteiger partial charge in [0.1, 0.15) is 0 Å². The lowest BCUT2D eigenvalue weighted by Crippen LogP contribution is -2.50. The van der Waals surface area contributed by atoms with E-state index in [1.54, 1.807) is 12.1 Å². The van der Waals surface area contributed by atoms with Crippen molar-refractivity contribution in [3.63, 3.8) is 0 Å². The Morgan fingerprint density at radius 1 is 1.07 bits per heavy atom. The van der Waals surface area contributed by atoms with Crippen LogP contribution in [0.1, 0.15) is 15.9 Å². The number of hydrogen-bond donors (Lipinski definition) is 1. The summed E-state index contributed by atoms with van der Waals surface area (Å²) in [6.45, 7) is 3.99. The number of carbonyl (C=O) groups is 1. The SMILES string of the molecule is Cc1ccccc1C(=O)NCCS(=O)(=O)N1CCN(c2cccc(Cl)c2)CC1. The fourth-order valence-electron chi connectivity index (χ4n) is 3.24. The first-order valence-electron chi connectivity index (χ1n) is 9.19. The van der Waals surface area contributed by atoms with Gasteiger partial charge < -0.3 is 10.2 Å². The predicted molar refractivity (Wildman–Crippen MR) is 113 cm³/mol. The zero-order valence-electron chi connectivity index (χ0n) is 15.8. The molecule has 1 aliphatic heterocycles. The zero-order chi connectivity index (χ0) is 20.1. The number of nitrogens with zero attached hydrogens (tertiary/aromatic N) is 2. The number of aryl methyl sites for hydroxylation is 1. The topological polar surface area (TPSA) is 69.7 Å². The largest absolute Gasteiger partial charge is 0.369 e. The maximum Gasteiger partial charge on any atom is 0.251 e. The lowest BCUT2D eigenvalue weighted by molar-refractivity contribution is 0.0955. The number of anilines is 1. The summed E-state index contributed by atoms with van der Waals surface area (Å²) in [6, 6.07) is 14.8. The molecule has 3 rings (SSSR count). The molecule has 6 nitrogen and oxygen atoms in total. The van der Waals surface area contributed by atoms with Crippen LogP contribution in [0.25, 0.3) is 0 Å². The first-order valence-corrected chi connectivity index (χ1v) is 11.2. The van der Waals surface area contributed by atoms with Crippen molar-refractivity contribution in [1.82, 2.24) is 9.62 Å². The van der Waals surface area contributed by atoms with Crippen molar-refractivity contribution < 1.29 is 13.2 Å². The molecule has 0 bridgehead atoms. The van der Waals surface area contributed by atoms with Crippen molar-refractivity contribution in [2.45, 2.75) is 6.92 Å². The van der Waals surface area contributed by atoms with Crippen molar-refractivity contribution in [3.8, 4) is 0 Å². The Morgan fingerprint density at radius 2 is 1.79 bits per heavy atom. The van der Waals surface area contributed by atoms with Crippen LogP contribution >= 0.6 is 11.6 Å². The van der Waals surface area contributed by atoms with Gasteiger partial charge in [-0.15, -0.1) is 0 Å². The average molecular weight is 422 g/mol. The second-order valence-corrected chi connectivity index (χ2v) is 9.28. The molecule has 2 aromatic rings. The minimum absolute atomic E-state index is 0.0873. The molecule has 0 aliphatic carbocycles. The molecule has 0 saturated carbocycles. The van der Waals surface area contributed by atoms with E-state index in [2.05, 4.69) is 10.2 Å². The average Bonchev–Trinajstić information content (AvgIpc) is 2.68. The second kappa shape index (κ2) is 8.94. The summed E-state index contributed by atoms with van der Waals surface area (Å²) < 4.78 is 26.7. The quantitative estimate of drug-likeness (QED) is 0.778. The van der Waals surface area contributed by atoms with E-state index in [1.165, 1.54) is 4.31 Å². The fourth-order valence-corrected chi connectivity index (χ4v) is 4.77. The number of nitrogens with one attached hydrogen (secondary N) is 1. The van der Waals surface area contributed by atoms with Gasteiger partial charge in [-0.2, -0.15) is 4.31 Å². The predicted octanol–water partition coefficient (Wildman–Crippen LogP) is 2.53. The molecule has 0 radical (unpaired) electrons. The lowest BCUT2D eigenvalue weighted by atomic mass is 10.1. The number of carbonyl (C=O) groups excluding carboxylic acids is 1. The van der Waals surface area contributed by atoms with Crippen LogP contribution in [0.2, 0.25) is 5.02 Å². The van der Waals surface area contributed by atoms with Crippen LogP contribution in [0.15, 0.2) is 48.5 Å². The molecule has 0 aromatic heterocycles. The van der Waals surface area contributed by atoms with E-state index in [4.69, 9.17) is 11.6 Å². The third-order valence-corrected chi connectivity index (χ3v) is 6.95. The molecule has 1 saturated heterocycles. The van der Waals surface area contributed by atoms with Gasteiger partial charge in [-0.1, -0.05) is 35.9 Å². The highest BCUT2D eigenvalue weighted by Gasteiger charge is 2.27. The van der Waals surface area contributed by atoms with Crippen LogP contribution in [0, 0.1) is 6.92 Å². The normalized spacial score (nSPS) is 15.4. The molecule has 1 amide bonds. The third-order valence-electron chi connectivity index (χ3n) is 4.84. The molecule has 1 N–H and O–H groups in total. The maximum absolute atomic E-state index is 12.6. The summed E-state index contributed by atoms with van der Waals surface area (Å²) >= 11 is 6.03. The lowest BCUT2D eigenvalue weighted by Gasteiger charge is -2.35. The number of amides is 1. The number of benzene rings is 2. The fraction of sp³-hybridized carbons (Fsp3) is 0.350. The van der Waals surface area contributed by atoms with Gasteiger partial charge in [0.15, 0.2) is 0 Å². The number of halogens is 1. The molecule has 2 aromatic carbocycles. The summed E-state index contributed by atoms with van der Waals surface area (Å²) in [7, 11) is -3.42. The van der Waals surface area contributed by atoms with Crippen molar-refractivity contribution in [1.29, 1.82) is 0 Å². The van der Waals surface area contributed by atoms with Crippen molar-refractivity contribution in [2.75, 3.05) is 43.4 Å². The Labute approximate surface area is 171 Å². The first-order chi connectivity index (χ1) is 13.4. The van der Waals surface area contributed by atoms with Gasteiger partial charge in [0.05, 0.1) is 5.75 Å². The number of sulfonamides is 1. The first kappa shape index (κ1) is 20.6. The Kier molecular flexibility index (Phi) is 6.59. The van der Waals surface area contributed by atoms with Gasteiger partial charge in [0.25, 0.3) is 5.91 Å². The van der Waals surface area contributed by atoms with Gasteiger partial charge >= 0.3 is 0 Å². The molecule has 0 unspecified atom stereocenters. The highest BCUT2D eigenvalue weighted by atomic mass is 35.5. The third kappa shape index (κ3) is 5.04. The van der Waals surface area contributed by atoms with E-state index in [0.29, 0.717) is 36.8 Å². The van der Waals surface area contributed by atoms with E-state index >= 15 is 0 Å². The highest BCUT2D eigenvalue weighted by molar-refractivity contribution is 7.89. The van der Waals surface area contributed by atoms with E-state index < -0.39 is 10.0 Å². The Morgan fingerprint density at radius 3 is 2.46 bits per heavy atom. The van der Waals surface area contributed by atoms with Crippen LogP contribution in [-0.4, -0.2) is 57.1 Å². The van der Waals surface area contributed by atoms with E-state index in [9.17, 15) is 13.2 Å². The smallest absolute Gasteiger partial charge is 0.251 e. The summed E-state index contributed by atoms with van der Waals surface area (Å²) in [6.07, 6.45) is 0. The van der Waals surface area contributed by atoms with E-state index in [1.807, 2.05) is 43.3 Å². The minimum Gasteiger partial charge on any atom is -0.369 e. The van der Waals surface area contributed by atoms with Gasteiger partial charge in [-0.25, -0.2) is 8.42 Å². The van der Waals surface area contributed by atoms with Gasteiger partial charge in [-0.05, 0) is 36.8 Å². The van der Waals surface area contributed by atoms with Crippen LogP contribution in [0.3, 0.4) is 0 Å². The Bertz CT molecular complexity index is 941. The van der Waals surface area contributed by atoms with Crippen molar-refractivity contribution >= 4 is 33.2 Å². The van der Waals surface area contributed by atoms with Crippen LogP contribution in [0.5, 0.6) is 0 Å². The summed E-state index contributed by atoms with van der Waals surface area (Å²) in [5, 5.41) is 3.37. The Hall–Kier alpha value is -2.09. The van der Waals surface area contributed by atoms with E-state index in [-0.39, 0.29) is 18.2 Å². The van der Waals surface area contributed by atoms with Gasteiger partial charge in [0.2, 0.25) is 10.0 Å². The molecule has 8 heteroatoms. The molecule has 1 heterocycles. The summed E-state index contributed by atoms with van der Waals surface area (Å²) in [5.74, 6) is -0.360. The standard InChI is InChI=1S/C20H24ClN3O3S/c1-16-5-2-3-8-19(16)20(25)22-9-14-28(26,27)24-12-10-23(11-13-24)18-7-4-6-17(21)15-18/h2-8,15H,9-14H2,1H3,(H,22,25). The molecule has 1 fully saturated rings. The second-order valence-electron chi connectivity index (χ2n) is 6.75. The van der Waals surface area contributed by atoms with E-state index in [0.717, 1.165) is 11.3 Å². The van der Waals surface area contributed by atoms with Crippen molar-refractivity contribution in [2.24, 2.45) is 0 Å². The zero-order valence-corrected chi connectivity index (χ0v) is 17.3. The van der Waals surface area contributed by atoms with Crippen LogP contribution in [0.4, 0.5) is 5.69 Å². The van der Waals surface area contributed by atoms with Gasteiger partial charge in [-0.3, -0.25) is 4.79 Å². The summed E-state index contributed by atoms with van der Waals surface area (Å²) in [5.41, 5.74) is 2.42. The molecule has 1 aliphatic rings. The molecule has 150 valence electrons. The molecular formula is C20H24ClN3O3S. The number of hydrogen-bond acceptors (Lipinski definition) is 4. The molecule has 0 spiro atoms. The Balaban J connectivity index is 1.50. The minimum atomic E-state index is -3.42. The van der Waals surface area contributed by atoms with Gasteiger partial charge in [0, 0.05) is 49.0 Å². The van der Waals surface area contributed by atoms with Crippen LogP contribution in [-0.2, 0) is 10.0 Å². The molecule has 28 heavy (non-hydrogen) atoms. The van der Waals surface area contributed by atoms with Crippen molar-refractivity contribution in [3.05, 3.63) is 64.7 Å². The summed E-state index contributed by atoms with van der Waals surface area (Å²) in [4.78, 5) is 14.3. The van der Waals surface area contributed by atoms with Crippen LogP contribution < -0.4 is 10.2 Å². The number of rotatable bonds is 6. The molecule has 0 atom stereocenters. The molecular weight excluding hydrogens is 398 g/mol. The highest BCUT2D eigenvalue weighted by Crippen LogP contribution is 2.21. The maximum atomic E-state index is 12.6.